The number of carbonyl (C=O) groups is 1. The van der Waals surface area contributed by atoms with Gasteiger partial charge in [0.25, 0.3) is 5.91 Å². The maximum atomic E-state index is 12.3. The molecule has 0 aliphatic carbocycles. The third-order valence-corrected chi connectivity index (χ3v) is 5.11. The van der Waals surface area contributed by atoms with Gasteiger partial charge >= 0.3 is 59.1 Å². The van der Waals surface area contributed by atoms with Crippen molar-refractivity contribution in [3.63, 3.8) is 0 Å². The largest absolute Gasteiger partial charge is 1.00 e. The molecule has 27 heavy (non-hydrogen) atoms. The Morgan fingerprint density at radius 3 is 2.00 bits per heavy atom. The van der Waals surface area contributed by atoms with Crippen molar-refractivity contribution in [2.75, 3.05) is 5.32 Å². The van der Waals surface area contributed by atoms with E-state index in [2.05, 4.69) is 5.32 Å². The predicted octanol–water partition coefficient (Wildman–Crippen LogP) is -4.63. The van der Waals surface area contributed by atoms with Crippen LogP contribution >= 0.6 is 0 Å². The number of aryl methyl sites for hydroxylation is 2. The molecule has 0 bridgehead atoms. The molecule has 0 aromatic heterocycles. The molecule has 0 spiro atoms. The molecular formula is C15H13NNa2O7S2. The zero-order valence-electron chi connectivity index (χ0n) is 15.1. The van der Waals surface area contributed by atoms with Gasteiger partial charge < -0.3 is 14.4 Å². The van der Waals surface area contributed by atoms with E-state index in [4.69, 9.17) is 0 Å². The van der Waals surface area contributed by atoms with Crippen LogP contribution in [0.25, 0.3) is 0 Å². The molecule has 0 heterocycles. The van der Waals surface area contributed by atoms with Crippen LogP contribution in [0.3, 0.4) is 0 Å². The Morgan fingerprint density at radius 2 is 1.48 bits per heavy atom. The average molecular weight is 429 g/mol. The van der Waals surface area contributed by atoms with Crippen LogP contribution in [0.1, 0.15) is 21.5 Å². The van der Waals surface area contributed by atoms with Gasteiger partial charge in [0.05, 0.1) is 9.79 Å². The summed E-state index contributed by atoms with van der Waals surface area (Å²) < 4.78 is 66.9. The van der Waals surface area contributed by atoms with Crippen LogP contribution in [0, 0.1) is 13.8 Å². The molecule has 12 heteroatoms. The summed E-state index contributed by atoms with van der Waals surface area (Å²) in [5.41, 5.74) is 0.552. The van der Waals surface area contributed by atoms with Crippen LogP contribution in [0.15, 0.2) is 46.2 Å². The first-order valence-electron chi connectivity index (χ1n) is 6.83. The number of anilines is 1. The molecule has 0 atom stereocenters. The average Bonchev–Trinajstić information content (AvgIpc) is 2.46. The molecule has 0 aliphatic rings. The molecule has 2 aromatic rings. The van der Waals surface area contributed by atoms with Gasteiger partial charge in [-0.05, 0) is 55.3 Å². The number of rotatable bonds is 4. The Labute approximate surface area is 201 Å². The van der Waals surface area contributed by atoms with E-state index in [1.807, 2.05) is 0 Å². The fourth-order valence-electron chi connectivity index (χ4n) is 2.17. The van der Waals surface area contributed by atoms with Crippen LogP contribution in [-0.2, 0) is 20.2 Å². The Kier molecular flexibility index (Phi) is 9.87. The molecule has 0 fully saturated rings. The number of nitrogens with one attached hydrogen (secondary N) is 1. The van der Waals surface area contributed by atoms with Gasteiger partial charge in [0.15, 0.2) is 0 Å². The van der Waals surface area contributed by atoms with Gasteiger partial charge in [-0.1, -0.05) is 6.07 Å². The van der Waals surface area contributed by atoms with Crippen molar-refractivity contribution in [1.29, 1.82) is 0 Å². The minimum atomic E-state index is -4.74. The Morgan fingerprint density at radius 1 is 0.889 bits per heavy atom. The summed E-state index contributed by atoms with van der Waals surface area (Å²) in [5.74, 6) is -0.758. The molecule has 134 valence electrons. The quantitative estimate of drug-likeness (QED) is 0.380. The van der Waals surface area contributed by atoms with Gasteiger partial charge in [0, 0.05) is 11.3 Å². The van der Waals surface area contributed by atoms with Crippen LogP contribution < -0.4 is 64.4 Å². The second-order valence-electron chi connectivity index (χ2n) is 5.38. The molecule has 0 aliphatic heterocycles. The Hall–Kier alpha value is -0.270. The number of amides is 1. The van der Waals surface area contributed by atoms with Crippen molar-refractivity contribution in [2.24, 2.45) is 0 Å². The number of carbonyl (C=O) groups excluding carboxylic acids is 1. The van der Waals surface area contributed by atoms with Crippen molar-refractivity contribution < 1.29 is 89.9 Å². The third kappa shape index (κ3) is 7.24. The summed E-state index contributed by atoms with van der Waals surface area (Å²) in [7, 11) is -9.45. The van der Waals surface area contributed by atoms with Crippen molar-refractivity contribution in [1.82, 2.24) is 0 Å². The summed E-state index contributed by atoms with van der Waals surface area (Å²) in [6.45, 7) is 2.95. The molecule has 0 saturated carbocycles. The number of hydrogen-bond acceptors (Lipinski definition) is 7. The topological polar surface area (TPSA) is 144 Å². The molecule has 1 amide bonds. The molecule has 2 aromatic carbocycles. The van der Waals surface area contributed by atoms with Gasteiger partial charge in [0.2, 0.25) is 0 Å². The van der Waals surface area contributed by atoms with E-state index in [-0.39, 0.29) is 75.9 Å². The Balaban J connectivity index is 0.00000338. The second-order valence-corrected chi connectivity index (χ2v) is 8.11. The fraction of sp³-hybridized carbons (Fsp3) is 0.133. The summed E-state index contributed by atoms with van der Waals surface area (Å²) in [4.78, 5) is 11.2. The summed E-state index contributed by atoms with van der Waals surface area (Å²) >= 11 is 0. The fourth-order valence-corrected chi connectivity index (χ4v) is 3.51. The van der Waals surface area contributed by atoms with Crippen molar-refractivity contribution in [3.05, 3.63) is 53.1 Å². The SMILES string of the molecule is Cc1cc(C(=O)Nc2ccc(C)c(S(=O)(=O)[O-])c2)cc(S(=O)(=O)[O-])c1.[Na+].[Na+]. The zero-order valence-corrected chi connectivity index (χ0v) is 20.8. The third-order valence-electron chi connectivity index (χ3n) is 3.32. The first-order valence-corrected chi connectivity index (χ1v) is 9.65. The van der Waals surface area contributed by atoms with Gasteiger partial charge in [-0.25, -0.2) is 16.8 Å². The van der Waals surface area contributed by atoms with Gasteiger partial charge in [-0.3, -0.25) is 4.79 Å². The first-order chi connectivity index (χ1) is 11.4. The molecule has 1 N–H and O–H groups in total. The summed E-state index contributed by atoms with van der Waals surface area (Å²) in [5, 5.41) is 2.36. The van der Waals surface area contributed by atoms with Gasteiger partial charge in [0.1, 0.15) is 20.2 Å². The standard InChI is InChI=1S/C15H15NO7S2.2Na/c1-9-5-11(7-13(6-9)24(18,19)20)15(17)16-12-4-3-10(2)14(8-12)25(21,22)23;;/h3-8H,1-2H3,(H,16,17)(H,18,19,20)(H,21,22,23);;/q;2*+1/p-2. The normalized spacial score (nSPS) is 11.1. The predicted molar refractivity (Wildman–Crippen MR) is 86.2 cm³/mol. The van der Waals surface area contributed by atoms with Crippen LogP contribution in [0.4, 0.5) is 5.69 Å². The van der Waals surface area contributed by atoms with E-state index in [1.165, 1.54) is 32.0 Å². The van der Waals surface area contributed by atoms with E-state index in [0.29, 0.717) is 5.56 Å². The Bertz CT molecular complexity index is 1070. The molecule has 0 unspecified atom stereocenters. The second kappa shape index (κ2) is 9.97. The van der Waals surface area contributed by atoms with E-state index in [0.717, 1.165) is 18.2 Å². The molecule has 0 radical (unpaired) electrons. The maximum Gasteiger partial charge on any atom is 1.00 e. The number of benzene rings is 2. The number of hydrogen-bond donors (Lipinski definition) is 1. The molecule has 2 rings (SSSR count). The van der Waals surface area contributed by atoms with Crippen LogP contribution in [0.5, 0.6) is 0 Å². The van der Waals surface area contributed by atoms with Gasteiger partial charge in [-0.15, -0.1) is 0 Å². The minimum absolute atomic E-state index is 0. The minimum Gasteiger partial charge on any atom is -0.744 e. The van der Waals surface area contributed by atoms with Crippen molar-refractivity contribution in [3.8, 4) is 0 Å². The van der Waals surface area contributed by atoms with E-state index in [9.17, 15) is 30.7 Å². The van der Waals surface area contributed by atoms with Crippen molar-refractivity contribution >= 4 is 31.8 Å². The van der Waals surface area contributed by atoms with E-state index in [1.54, 1.807) is 0 Å². The molecule has 8 nitrogen and oxygen atoms in total. The molecule has 0 saturated heterocycles. The summed E-state index contributed by atoms with van der Waals surface area (Å²) in [6.07, 6.45) is 0. The first kappa shape index (κ1) is 26.7. The smallest absolute Gasteiger partial charge is 0.744 e. The monoisotopic (exact) mass is 429 g/mol. The van der Waals surface area contributed by atoms with Crippen LogP contribution in [-0.4, -0.2) is 31.8 Å². The van der Waals surface area contributed by atoms with E-state index < -0.39 is 35.9 Å². The maximum absolute atomic E-state index is 12.3. The zero-order chi connectivity index (χ0) is 19.0. The van der Waals surface area contributed by atoms with Gasteiger partial charge in [-0.2, -0.15) is 0 Å². The van der Waals surface area contributed by atoms with E-state index >= 15 is 0 Å². The van der Waals surface area contributed by atoms with Crippen LogP contribution in [0.2, 0.25) is 0 Å². The van der Waals surface area contributed by atoms with Crippen molar-refractivity contribution in [2.45, 2.75) is 23.6 Å². The molecular weight excluding hydrogens is 416 g/mol. The summed E-state index contributed by atoms with van der Waals surface area (Å²) in [6, 6.07) is 7.17.